The van der Waals surface area contributed by atoms with E-state index in [1.165, 1.54) is 11.1 Å². The van der Waals surface area contributed by atoms with Crippen molar-refractivity contribution in [1.29, 1.82) is 0 Å². The Morgan fingerprint density at radius 3 is 2.43 bits per heavy atom. The number of aromatic nitrogens is 2. The van der Waals surface area contributed by atoms with Gasteiger partial charge in [0.05, 0.1) is 17.8 Å². The second kappa shape index (κ2) is 7.40. The van der Waals surface area contributed by atoms with Crippen LogP contribution in [0.25, 0.3) is 0 Å². The molecule has 2 aromatic heterocycles. The number of hydrogen-bond donors (Lipinski definition) is 1. The minimum Gasteiger partial charge on any atom is -0.352 e. The Morgan fingerprint density at radius 2 is 1.79 bits per heavy atom. The zero-order chi connectivity index (χ0) is 19.7. The summed E-state index contributed by atoms with van der Waals surface area (Å²) < 4.78 is 2.26. The molecule has 1 aliphatic heterocycles. The summed E-state index contributed by atoms with van der Waals surface area (Å²) in [6, 6.07) is 18.9. The molecule has 0 amide bonds. The molecule has 1 N–H and O–H groups in total. The van der Waals surface area contributed by atoms with E-state index in [2.05, 4.69) is 89.3 Å². The highest BCUT2D eigenvalue weighted by Gasteiger charge is 2.40. The highest BCUT2D eigenvalue weighted by molar-refractivity contribution is 7.80. The van der Waals surface area contributed by atoms with Gasteiger partial charge in [-0.2, -0.15) is 0 Å². The summed E-state index contributed by atoms with van der Waals surface area (Å²) in [5, 5.41) is 4.29. The van der Waals surface area contributed by atoms with Crippen molar-refractivity contribution in [3.63, 3.8) is 0 Å². The van der Waals surface area contributed by atoms with Gasteiger partial charge in [0.15, 0.2) is 5.11 Å². The fourth-order valence-electron chi connectivity index (χ4n) is 3.72. The summed E-state index contributed by atoms with van der Waals surface area (Å²) >= 11 is 5.75. The normalized spacial score (nSPS) is 19.7. The highest BCUT2D eigenvalue weighted by atomic mass is 32.1. The molecule has 5 heteroatoms. The van der Waals surface area contributed by atoms with E-state index in [0.29, 0.717) is 0 Å². The van der Waals surface area contributed by atoms with Crippen molar-refractivity contribution in [2.45, 2.75) is 44.9 Å². The molecule has 4 nitrogen and oxygen atoms in total. The fourth-order valence-corrected chi connectivity index (χ4v) is 4.03. The minimum atomic E-state index is 0.0215. The molecule has 144 valence electrons. The predicted molar refractivity (Wildman–Crippen MR) is 117 cm³/mol. The molecule has 0 radical (unpaired) electrons. The zero-order valence-corrected chi connectivity index (χ0v) is 17.4. The van der Waals surface area contributed by atoms with Gasteiger partial charge in [-0.1, -0.05) is 36.4 Å². The van der Waals surface area contributed by atoms with Gasteiger partial charge in [-0.05, 0) is 62.3 Å². The first kappa shape index (κ1) is 18.7. The van der Waals surface area contributed by atoms with Crippen LogP contribution >= 0.6 is 12.2 Å². The molecule has 0 aliphatic carbocycles. The molecule has 3 heterocycles. The molecule has 2 unspecified atom stereocenters. The first-order valence-corrected chi connectivity index (χ1v) is 10.0. The van der Waals surface area contributed by atoms with Crippen LogP contribution < -0.4 is 5.32 Å². The third-order valence-corrected chi connectivity index (χ3v) is 5.58. The number of benzene rings is 1. The lowest BCUT2D eigenvalue weighted by Crippen LogP contribution is -2.29. The summed E-state index contributed by atoms with van der Waals surface area (Å²) in [7, 11) is 0. The second-order valence-electron chi connectivity index (χ2n) is 8.26. The van der Waals surface area contributed by atoms with Gasteiger partial charge in [-0.3, -0.25) is 4.98 Å². The molecule has 1 aromatic carbocycles. The molecule has 1 saturated heterocycles. The molecule has 0 saturated carbocycles. The highest BCUT2D eigenvalue weighted by Crippen LogP contribution is 2.40. The van der Waals surface area contributed by atoms with E-state index in [-0.39, 0.29) is 17.6 Å². The molecule has 2 atom stereocenters. The summed E-state index contributed by atoms with van der Waals surface area (Å²) in [5.74, 6) is 0. The lowest BCUT2D eigenvalue weighted by molar-refractivity contribution is 0.309. The van der Waals surface area contributed by atoms with Crippen LogP contribution in [0, 0.1) is 0 Å². The predicted octanol–water partition coefficient (Wildman–Crippen LogP) is 4.81. The van der Waals surface area contributed by atoms with Crippen LogP contribution in [0.3, 0.4) is 0 Å². The Labute approximate surface area is 172 Å². The molecule has 28 heavy (non-hydrogen) atoms. The topological polar surface area (TPSA) is 33.1 Å². The maximum Gasteiger partial charge on any atom is 0.170 e. The van der Waals surface area contributed by atoms with Crippen molar-refractivity contribution in [1.82, 2.24) is 19.8 Å². The van der Waals surface area contributed by atoms with Crippen LogP contribution in [-0.2, 0) is 12.1 Å². The summed E-state index contributed by atoms with van der Waals surface area (Å²) in [6.07, 6.45) is 6.25. The average Bonchev–Trinajstić information content (AvgIpc) is 3.29. The molecule has 0 spiro atoms. The van der Waals surface area contributed by atoms with Crippen LogP contribution in [0.1, 0.15) is 49.7 Å². The van der Waals surface area contributed by atoms with Crippen LogP contribution in [0.5, 0.6) is 0 Å². The van der Waals surface area contributed by atoms with Crippen LogP contribution in [0.15, 0.2) is 73.2 Å². The standard InChI is InChI=1S/C23H26N4S/c1-23(2,3)26-14-12-18(16-26)21-20(19-11-7-8-13-24-19)25-22(28)27(21)15-17-9-5-4-6-10-17/h4-14,16,20-21H,15H2,1-3H3,(H,25,28). The van der Waals surface area contributed by atoms with E-state index >= 15 is 0 Å². The third-order valence-electron chi connectivity index (χ3n) is 5.23. The second-order valence-corrected chi connectivity index (χ2v) is 8.65. The Balaban J connectivity index is 1.74. The van der Waals surface area contributed by atoms with Crippen molar-refractivity contribution in [3.05, 3.63) is 90.0 Å². The molecule has 1 fully saturated rings. The number of nitrogens with zero attached hydrogens (tertiary/aromatic N) is 3. The van der Waals surface area contributed by atoms with E-state index in [1.807, 2.05) is 24.4 Å². The maximum atomic E-state index is 5.75. The van der Waals surface area contributed by atoms with Crippen molar-refractivity contribution >= 4 is 17.3 Å². The van der Waals surface area contributed by atoms with Crippen LogP contribution in [-0.4, -0.2) is 19.6 Å². The smallest absolute Gasteiger partial charge is 0.170 e. The van der Waals surface area contributed by atoms with Crippen molar-refractivity contribution in [2.75, 3.05) is 0 Å². The first-order chi connectivity index (χ1) is 13.4. The Morgan fingerprint density at radius 1 is 1.04 bits per heavy atom. The van der Waals surface area contributed by atoms with Crippen molar-refractivity contribution in [2.24, 2.45) is 0 Å². The Kier molecular flexibility index (Phi) is 4.94. The van der Waals surface area contributed by atoms with Gasteiger partial charge >= 0.3 is 0 Å². The molecule has 0 bridgehead atoms. The largest absolute Gasteiger partial charge is 0.352 e. The molecular weight excluding hydrogens is 364 g/mol. The average molecular weight is 391 g/mol. The fraction of sp³-hybridized carbons (Fsp3) is 0.304. The van der Waals surface area contributed by atoms with Gasteiger partial charge < -0.3 is 14.8 Å². The molecule has 1 aliphatic rings. The Hall–Kier alpha value is -2.66. The quantitative estimate of drug-likeness (QED) is 0.648. The molecule has 4 rings (SSSR count). The van der Waals surface area contributed by atoms with Crippen molar-refractivity contribution < 1.29 is 0 Å². The number of rotatable bonds is 4. The number of nitrogens with one attached hydrogen (secondary N) is 1. The van der Waals surface area contributed by atoms with Gasteiger partial charge in [-0.25, -0.2) is 0 Å². The first-order valence-electron chi connectivity index (χ1n) is 9.64. The summed E-state index contributed by atoms with van der Waals surface area (Å²) in [6.45, 7) is 7.41. The number of pyridine rings is 1. The van der Waals surface area contributed by atoms with Gasteiger partial charge in [0.2, 0.25) is 0 Å². The van der Waals surface area contributed by atoms with Crippen molar-refractivity contribution in [3.8, 4) is 0 Å². The van der Waals surface area contributed by atoms with Gasteiger partial charge in [0.25, 0.3) is 0 Å². The lowest BCUT2D eigenvalue weighted by atomic mass is 9.98. The zero-order valence-electron chi connectivity index (χ0n) is 16.5. The summed E-state index contributed by atoms with van der Waals surface area (Å²) in [4.78, 5) is 6.90. The van der Waals surface area contributed by atoms with E-state index in [4.69, 9.17) is 12.2 Å². The van der Waals surface area contributed by atoms with Gasteiger partial charge in [0, 0.05) is 30.7 Å². The van der Waals surface area contributed by atoms with Crippen LogP contribution in [0.2, 0.25) is 0 Å². The lowest BCUT2D eigenvalue weighted by Gasteiger charge is -2.28. The van der Waals surface area contributed by atoms with E-state index in [9.17, 15) is 0 Å². The van der Waals surface area contributed by atoms with Gasteiger partial charge in [0.1, 0.15) is 0 Å². The SMILES string of the molecule is CC(C)(C)n1ccc(C2C(c3ccccn3)NC(=S)N2Cc2ccccc2)c1. The Bertz CT molecular complexity index is 943. The third kappa shape index (κ3) is 3.67. The molecular formula is C23H26N4S. The summed E-state index contributed by atoms with van der Waals surface area (Å²) in [5.41, 5.74) is 3.53. The number of thiocarbonyl (C=S) groups is 1. The monoisotopic (exact) mass is 390 g/mol. The number of hydrogen-bond acceptors (Lipinski definition) is 2. The van der Waals surface area contributed by atoms with E-state index < -0.39 is 0 Å². The van der Waals surface area contributed by atoms with E-state index in [1.54, 1.807) is 0 Å². The molecule has 3 aromatic rings. The maximum absolute atomic E-state index is 5.75. The van der Waals surface area contributed by atoms with Crippen LogP contribution in [0.4, 0.5) is 0 Å². The minimum absolute atomic E-state index is 0.0215. The van der Waals surface area contributed by atoms with E-state index in [0.717, 1.165) is 17.4 Å². The van der Waals surface area contributed by atoms with Gasteiger partial charge in [-0.15, -0.1) is 0 Å².